The van der Waals surface area contributed by atoms with Crippen molar-refractivity contribution in [2.24, 2.45) is 17.8 Å². The minimum absolute atomic E-state index is 0.400. The molecule has 0 aliphatic rings. The average molecular weight is 397 g/mol. The van der Waals surface area contributed by atoms with E-state index in [1.165, 1.54) is 5.56 Å². The fourth-order valence-electron chi connectivity index (χ4n) is 1.94. The quantitative estimate of drug-likeness (QED) is 0.474. The molecule has 3 N–H and O–H groups in total. The third-order valence-electron chi connectivity index (χ3n) is 3.08. The number of aromatic nitrogens is 2. The van der Waals surface area contributed by atoms with E-state index in [-0.39, 0.29) is 0 Å². The van der Waals surface area contributed by atoms with Crippen molar-refractivity contribution in [1.29, 1.82) is 0 Å². The van der Waals surface area contributed by atoms with Gasteiger partial charge in [0, 0.05) is 18.9 Å². The molecule has 0 saturated heterocycles. The first-order valence-corrected chi connectivity index (χ1v) is 7.88. The second kappa shape index (κ2) is 6.93. The van der Waals surface area contributed by atoms with E-state index in [2.05, 4.69) is 64.0 Å². The Morgan fingerprint density at radius 2 is 2.24 bits per heavy atom. The lowest BCUT2D eigenvalue weighted by molar-refractivity contribution is 0.743. The van der Waals surface area contributed by atoms with Crippen LogP contribution >= 0.6 is 22.6 Å². The molecule has 1 aromatic heterocycles. The lowest BCUT2D eigenvalue weighted by Gasteiger charge is -2.09. The summed E-state index contributed by atoms with van der Waals surface area (Å²) in [4.78, 5) is 4.34. The maximum atomic E-state index is 5.94. The van der Waals surface area contributed by atoms with Gasteiger partial charge in [-0.1, -0.05) is 26.0 Å². The molecule has 0 aliphatic heterocycles. The molecule has 0 aliphatic carbocycles. The Morgan fingerprint density at radius 1 is 1.48 bits per heavy atom. The van der Waals surface area contributed by atoms with Gasteiger partial charge in [0.1, 0.15) is 0 Å². The topological polar surface area (TPSA) is 68.2 Å². The number of nitrogens with one attached hydrogen (secondary N) is 1. The van der Waals surface area contributed by atoms with Crippen LogP contribution in [0.15, 0.2) is 35.5 Å². The number of benzene rings is 1. The number of hydrogen-bond donors (Lipinski definition) is 2. The highest BCUT2D eigenvalue weighted by atomic mass is 127. The summed E-state index contributed by atoms with van der Waals surface area (Å²) in [5.41, 5.74) is 9.09. The van der Waals surface area contributed by atoms with Crippen molar-refractivity contribution in [2.45, 2.75) is 26.3 Å². The van der Waals surface area contributed by atoms with Crippen molar-refractivity contribution in [1.82, 2.24) is 9.78 Å². The Labute approximate surface area is 138 Å². The number of aryl methyl sites for hydroxylation is 1. The highest BCUT2D eigenvalue weighted by Gasteiger charge is 2.04. The number of halogens is 1. The minimum atomic E-state index is 0.400. The zero-order chi connectivity index (χ0) is 15.4. The highest BCUT2D eigenvalue weighted by molar-refractivity contribution is 14.1. The zero-order valence-electron chi connectivity index (χ0n) is 12.5. The fraction of sp³-hybridized carbons (Fsp3) is 0.333. The van der Waals surface area contributed by atoms with Gasteiger partial charge in [0.15, 0.2) is 5.96 Å². The van der Waals surface area contributed by atoms with Crippen LogP contribution in [0.4, 0.5) is 5.69 Å². The monoisotopic (exact) mass is 397 g/mol. The molecular formula is C15H20IN5. The molecule has 1 heterocycles. The molecule has 0 atom stereocenters. The van der Waals surface area contributed by atoms with Crippen LogP contribution < -0.4 is 11.1 Å². The van der Waals surface area contributed by atoms with Gasteiger partial charge in [0.25, 0.3) is 0 Å². The molecule has 0 amide bonds. The Kier molecular flexibility index (Phi) is 5.22. The standard InChI is InChI=1S/C15H20IN5/c1-10(2)11-5-4-6-12(7-11)19-15(17)18-8-14-13(16)9-21(3)20-14/h4-7,9-10H,8H2,1-3H3,(H3,17,18,19). The summed E-state index contributed by atoms with van der Waals surface area (Å²) < 4.78 is 2.87. The van der Waals surface area contributed by atoms with Crippen LogP contribution in [0.3, 0.4) is 0 Å². The van der Waals surface area contributed by atoms with Gasteiger partial charge in [-0.25, -0.2) is 4.99 Å². The third-order valence-corrected chi connectivity index (χ3v) is 3.98. The molecule has 5 nitrogen and oxygen atoms in total. The van der Waals surface area contributed by atoms with E-state index in [0.29, 0.717) is 18.4 Å². The van der Waals surface area contributed by atoms with Crippen molar-refractivity contribution in [3.8, 4) is 0 Å². The Hall–Kier alpha value is -1.57. The summed E-state index contributed by atoms with van der Waals surface area (Å²) in [7, 11) is 1.90. The van der Waals surface area contributed by atoms with Crippen molar-refractivity contribution < 1.29 is 0 Å². The van der Waals surface area contributed by atoms with Crippen LogP contribution in [0.5, 0.6) is 0 Å². The summed E-state index contributed by atoms with van der Waals surface area (Å²) >= 11 is 2.25. The largest absolute Gasteiger partial charge is 0.370 e. The predicted molar refractivity (Wildman–Crippen MR) is 95.4 cm³/mol. The van der Waals surface area contributed by atoms with Gasteiger partial charge in [-0.3, -0.25) is 4.68 Å². The number of rotatable bonds is 4. The van der Waals surface area contributed by atoms with Gasteiger partial charge in [-0.15, -0.1) is 0 Å². The summed E-state index contributed by atoms with van der Waals surface area (Å²) in [6.07, 6.45) is 1.96. The minimum Gasteiger partial charge on any atom is -0.370 e. The first kappa shape index (κ1) is 15.8. The Bertz CT molecular complexity index is 645. The number of anilines is 1. The van der Waals surface area contributed by atoms with Gasteiger partial charge >= 0.3 is 0 Å². The molecule has 0 bridgehead atoms. The molecule has 0 radical (unpaired) electrons. The van der Waals surface area contributed by atoms with Gasteiger partial charge in [0.05, 0.1) is 15.8 Å². The number of aliphatic imine (C=N–C) groups is 1. The van der Waals surface area contributed by atoms with E-state index < -0.39 is 0 Å². The second-order valence-electron chi connectivity index (χ2n) is 5.20. The number of hydrogen-bond acceptors (Lipinski definition) is 2. The summed E-state index contributed by atoms with van der Waals surface area (Å²) in [5, 5.41) is 7.47. The molecule has 2 aromatic rings. The molecule has 0 fully saturated rings. The summed E-state index contributed by atoms with van der Waals surface area (Å²) in [5.74, 6) is 0.886. The van der Waals surface area contributed by atoms with Crippen LogP contribution in [0.25, 0.3) is 0 Å². The van der Waals surface area contributed by atoms with Crippen LogP contribution in [0.2, 0.25) is 0 Å². The molecule has 0 spiro atoms. The summed E-state index contributed by atoms with van der Waals surface area (Å²) in [6.45, 7) is 4.81. The molecule has 1 aromatic carbocycles. The predicted octanol–water partition coefficient (Wildman–Crippen LogP) is 3.07. The average Bonchev–Trinajstić information content (AvgIpc) is 2.75. The maximum Gasteiger partial charge on any atom is 0.193 e. The maximum absolute atomic E-state index is 5.94. The van der Waals surface area contributed by atoms with Gasteiger partial charge in [-0.05, 0) is 46.2 Å². The van der Waals surface area contributed by atoms with E-state index in [9.17, 15) is 0 Å². The van der Waals surface area contributed by atoms with Crippen LogP contribution in [0.1, 0.15) is 31.0 Å². The van der Waals surface area contributed by atoms with Crippen LogP contribution in [-0.2, 0) is 13.6 Å². The molecular weight excluding hydrogens is 377 g/mol. The van der Waals surface area contributed by atoms with E-state index in [0.717, 1.165) is 15.0 Å². The van der Waals surface area contributed by atoms with E-state index in [4.69, 9.17) is 5.73 Å². The number of nitrogens with zero attached hydrogens (tertiary/aromatic N) is 3. The van der Waals surface area contributed by atoms with E-state index >= 15 is 0 Å². The highest BCUT2D eigenvalue weighted by Crippen LogP contribution is 2.18. The normalized spacial score (nSPS) is 12.0. The van der Waals surface area contributed by atoms with Crippen molar-refractivity contribution >= 4 is 34.2 Å². The van der Waals surface area contributed by atoms with Gasteiger partial charge in [-0.2, -0.15) is 5.10 Å². The SMILES string of the molecule is CC(C)c1cccc(NC(N)=NCc2nn(C)cc2I)c1. The summed E-state index contributed by atoms with van der Waals surface area (Å²) in [6, 6.07) is 8.21. The van der Waals surface area contributed by atoms with Gasteiger partial charge < -0.3 is 11.1 Å². The first-order chi connectivity index (χ1) is 9.95. The fourth-order valence-corrected chi connectivity index (χ4v) is 2.62. The number of guanidine groups is 1. The van der Waals surface area contributed by atoms with Crippen molar-refractivity contribution in [3.63, 3.8) is 0 Å². The third kappa shape index (κ3) is 4.45. The lowest BCUT2D eigenvalue weighted by Crippen LogP contribution is -2.22. The molecule has 0 saturated carbocycles. The van der Waals surface area contributed by atoms with Crippen molar-refractivity contribution in [2.75, 3.05) is 5.32 Å². The van der Waals surface area contributed by atoms with Crippen LogP contribution in [0, 0.1) is 3.57 Å². The van der Waals surface area contributed by atoms with E-state index in [1.54, 1.807) is 4.68 Å². The molecule has 112 valence electrons. The Balaban J connectivity index is 2.03. The first-order valence-electron chi connectivity index (χ1n) is 6.80. The zero-order valence-corrected chi connectivity index (χ0v) is 14.6. The molecule has 6 heteroatoms. The van der Waals surface area contributed by atoms with E-state index in [1.807, 2.05) is 25.4 Å². The lowest BCUT2D eigenvalue weighted by atomic mass is 10.0. The molecule has 2 rings (SSSR count). The Morgan fingerprint density at radius 3 is 2.86 bits per heavy atom. The smallest absolute Gasteiger partial charge is 0.193 e. The van der Waals surface area contributed by atoms with Crippen molar-refractivity contribution in [3.05, 3.63) is 45.3 Å². The number of nitrogens with two attached hydrogens (primary N) is 1. The molecule has 0 unspecified atom stereocenters. The van der Waals surface area contributed by atoms with Gasteiger partial charge in [0.2, 0.25) is 0 Å². The van der Waals surface area contributed by atoms with Crippen LogP contribution in [-0.4, -0.2) is 15.7 Å². The molecule has 21 heavy (non-hydrogen) atoms. The second-order valence-corrected chi connectivity index (χ2v) is 6.37.